The first kappa shape index (κ1) is 11.6. The van der Waals surface area contributed by atoms with Crippen LogP contribution < -0.4 is 18.9 Å². The summed E-state index contributed by atoms with van der Waals surface area (Å²) in [5, 5.41) is 0. The molecule has 0 saturated carbocycles. The molecule has 6 heavy (non-hydrogen) atoms. The minimum Gasteiger partial charge on any atom is -0.478 e. The molecule has 6 heteroatoms. The molecule has 0 bridgehead atoms. The summed E-state index contributed by atoms with van der Waals surface area (Å²) in [5.74, 6) is 0. The molecule has 0 aliphatic rings. The van der Waals surface area contributed by atoms with E-state index in [9.17, 15) is 4.32 Å². The number of hydrogen-bond acceptors (Lipinski definition) is 0. The first-order valence-electron chi connectivity index (χ1n) is 0.873. The van der Waals surface area contributed by atoms with Crippen molar-refractivity contribution in [2.75, 3.05) is 0 Å². The van der Waals surface area contributed by atoms with Gasteiger partial charge in [0.25, 0.3) is 0 Å². The van der Waals surface area contributed by atoms with Crippen LogP contribution in [0.4, 0.5) is 4.32 Å². The number of hydrogen-bond donors (Lipinski definition) is 0. The zero-order valence-electron chi connectivity index (χ0n) is 3.09. The SMILES string of the molecule is F[B-](I)(I)I.[Li+]. The molecule has 0 amide bonds. The molecular formula is BFI3Li. The molecule has 0 rings (SSSR count). The van der Waals surface area contributed by atoms with Crippen LogP contribution in [-0.2, 0) is 0 Å². The summed E-state index contributed by atoms with van der Waals surface area (Å²) in [6.45, 7) is 0. The molecule has 0 heterocycles. The van der Waals surface area contributed by atoms with E-state index >= 15 is 0 Å². The van der Waals surface area contributed by atoms with E-state index in [1.54, 1.807) is 67.1 Å². The quantitative estimate of drug-likeness (QED) is 0.375. The molecule has 0 aromatic carbocycles. The van der Waals surface area contributed by atoms with Crippen LogP contribution in [0.3, 0.4) is 0 Å². The third-order valence-electron chi connectivity index (χ3n) is 0. The molecular weight excluding hydrogens is 417 g/mol. The Morgan fingerprint density at radius 1 is 1.17 bits per heavy atom. The Morgan fingerprint density at radius 3 is 1.17 bits per heavy atom. The Bertz CT molecular complexity index is 26.3. The third kappa shape index (κ3) is 29.3. The maximum absolute atomic E-state index is 11.7. The van der Waals surface area contributed by atoms with Crippen LogP contribution in [0, 0.1) is 0 Å². The average Bonchev–Trinajstić information content (AvgIpc) is 0.722. The molecule has 0 N–H and O–H groups in total. The van der Waals surface area contributed by atoms with Gasteiger partial charge in [0, 0.05) is 0 Å². The van der Waals surface area contributed by atoms with E-state index in [2.05, 4.69) is 0 Å². The van der Waals surface area contributed by atoms with Crippen LogP contribution in [-0.4, -0.2) is -0.00760 Å². The molecule has 0 spiro atoms. The fourth-order valence-electron chi connectivity index (χ4n) is 0. The summed E-state index contributed by atoms with van der Waals surface area (Å²) in [4.78, 5) is 0. The Morgan fingerprint density at radius 2 is 1.17 bits per heavy atom. The van der Waals surface area contributed by atoms with Gasteiger partial charge in [-0.05, 0) is 0 Å². The zero-order chi connectivity index (χ0) is 4.50. The van der Waals surface area contributed by atoms with Crippen molar-refractivity contribution in [3.63, 3.8) is 0 Å². The Balaban J connectivity index is 0. The first-order valence-corrected chi connectivity index (χ1v) is 4.61. The Kier molecular flexibility index (Phi) is 8.94. The summed E-state index contributed by atoms with van der Waals surface area (Å²) in [6.07, 6.45) is 0. The van der Waals surface area contributed by atoms with Crippen molar-refractivity contribution in [2.45, 2.75) is 0 Å². The first-order chi connectivity index (χ1) is 2.00. The predicted molar refractivity (Wildman–Crippen MR) is 48.9 cm³/mol. The molecule has 0 atom stereocenters. The van der Waals surface area contributed by atoms with Crippen molar-refractivity contribution in [1.29, 1.82) is 0 Å². The summed E-state index contributed by atoms with van der Waals surface area (Å²) in [7, 11) is 0. The second-order valence-corrected chi connectivity index (χ2v) is 12.8. The summed E-state index contributed by atoms with van der Waals surface area (Å²) in [5.41, 5.74) is 0. The second-order valence-electron chi connectivity index (χ2n) is 0.495. The van der Waals surface area contributed by atoms with Gasteiger partial charge in [-0.2, -0.15) is 0 Å². The van der Waals surface area contributed by atoms with Gasteiger partial charge in [-0.15, -0.1) is 0 Å². The van der Waals surface area contributed by atoms with Crippen LogP contribution >= 0.6 is 67.1 Å². The monoisotopic (exact) mass is 418 g/mol. The third-order valence-corrected chi connectivity index (χ3v) is 0. The van der Waals surface area contributed by atoms with Crippen LogP contribution in [0.1, 0.15) is 0 Å². The molecule has 0 aliphatic heterocycles. The molecule has 0 saturated heterocycles. The molecule has 0 nitrogen and oxygen atoms in total. The van der Waals surface area contributed by atoms with Gasteiger partial charge in [0.2, 0.25) is 0 Å². The summed E-state index contributed by atoms with van der Waals surface area (Å²) < 4.78 is 10.1. The van der Waals surface area contributed by atoms with Crippen LogP contribution in [0.5, 0.6) is 0 Å². The fraction of sp³-hybridized carbons (Fsp3) is 0. The maximum atomic E-state index is 11.7. The predicted octanol–water partition coefficient (Wildman–Crippen LogP) is -0.300. The van der Waals surface area contributed by atoms with Crippen LogP contribution in [0.15, 0.2) is 0 Å². The molecule has 0 aliphatic carbocycles. The van der Waals surface area contributed by atoms with Crippen molar-refractivity contribution in [3.8, 4) is 0 Å². The average molecular weight is 417 g/mol. The smallest absolute Gasteiger partial charge is 0.478 e. The van der Waals surface area contributed by atoms with E-state index in [0.717, 1.165) is 0 Å². The van der Waals surface area contributed by atoms with E-state index in [1.165, 1.54) is 0 Å². The molecule has 0 fully saturated rings. The van der Waals surface area contributed by atoms with Crippen molar-refractivity contribution in [2.24, 2.45) is 0 Å². The van der Waals surface area contributed by atoms with Crippen molar-refractivity contribution >= 4 is 67.1 Å². The van der Waals surface area contributed by atoms with Gasteiger partial charge in [0.05, 0.1) is 0 Å². The van der Waals surface area contributed by atoms with E-state index in [-0.39, 0.29) is 18.9 Å². The summed E-state index contributed by atoms with van der Waals surface area (Å²) >= 11 is 5.24. The van der Waals surface area contributed by atoms with Crippen LogP contribution in [0.2, 0.25) is 0 Å². The van der Waals surface area contributed by atoms with E-state index < -0.39 is -0.00760 Å². The van der Waals surface area contributed by atoms with Gasteiger partial charge >= 0.3 is 18.9 Å². The van der Waals surface area contributed by atoms with Gasteiger partial charge in [-0.3, -0.25) is 67.1 Å². The standard InChI is InChI=1S/BFI3.Li/c2-1(3,4)5;/q-1;+1. The van der Waals surface area contributed by atoms with Crippen LogP contribution in [0.25, 0.3) is 0 Å². The van der Waals surface area contributed by atoms with E-state index in [0.29, 0.717) is 0 Å². The minimum absolute atomic E-state index is 0. The topological polar surface area (TPSA) is 0 Å². The Labute approximate surface area is 88.5 Å². The zero-order valence-corrected chi connectivity index (χ0v) is 9.56. The number of rotatable bonds is 0. The number of halogens is 4. The van der Waals surface area contributed by atoms with Crippen molar-refractivity contribution in [3.05, 3.63) is 0 Å². The maximum Gasteiger partial charge on any atom is 1.00 e. The fourth-order valence-corrected chi connectivity index (χ4v) is 0. The molecule has 0 aromatic rings. The van der Waals surface area contributed by atoms with Gasteiger partial charge in [0.15, 0.2) is 0 Å². The van der Waals surface area contributed by atoms with Gasteiger partial charge in [0.1, 0.15) is 0 Å². The second kappa shape index (κ2) is 4.64. The molecule has 0 unspecified atom stereocenters. The van der Waals surface area contributed by atoms with Crippen molar-refractivity contribution in [1.82, 2.24) is 0 Å². The van der Waals surface area contributed by atoms with Gasteiger partial charge in [-0.25, -0.2) is 0 Å². The van der Waals surface area contributed by atoms with E-state index in [1.807, 2.05) is 0 Å². The minimum atomic E-state index is -1.59. The molecule has 0 aromatic heterocycles. The van der Waals surface area contributed by atoms with E-state index in [4.69, 9.17) is 0 Å². The molecule has 32 valence electrons. The largest absolute Gasteiger partial charge is 1.00 e. The summed E-state index contributed by atoms with van der Waals surface area (Å²) in [6, 6.07) is 0. The molecule has 0 radical (unpaired) electrons. The van der Waals surface area contributed by atoms with Gasteiger partial charge < -0.3 is 4.32 Å². The van der Waals surface area contributed by atoms with Gasteiger partial charge in [-0.1, -0.05) is 0 Å². The normalized spacial score (nSPS) is 10.0. The van der Waals surface area contributed by atoms with Crippen molar-refractivity contribution < 1.29 is 23.2 Å². The Hall–Kier alpha value is 2.78.